The minimum atomic E-state index is -0.279. The lowest BCUT2D eigenvalue weighted by Gasteiger charge is -2.08. The van der Waals surface area contributed by atoms with Gasteiger partial charge in [-0.25, -0.2) is 9.07 Å². The fraction of sp³-hybridized carbons (Fsp3) is 0.200. The molecule has 1 amide bonds. The van der Waals surface area contributed by atoms with Gasteiger partial charge in [0.25, 0.3) is 0 Å². The van der Waals surface area contributed by atoms with Crippen LogP contribution in [0.15, 0.2) is 48.5 Å². The number of hydrogen-bond acceptors (Lipinski definition) is 4. The SMILES string of the molecule is Cc1nn(Cc2ccccc2F)c(C)c1NC(=O)Cn1nnc2ccccc21. The lowest BCUT2D eigenvalue weighted by Crippen LogP contribution is -2.20. The summed E-state index contributed by atoms with van der Waals surface area (Å²) in [6, 6.07) is 14.0. The Morgan fingerprint density at radius 2 is 1.82 bits per heavy atom. The molecule has 2 aromatic heterocycles. The van der Waals surface area contributed by atoms with Gasteiger partial charge in [-0.05, 0) is 32.0 Å². The molecule has 0 bridgehead atoms. The van der Waals surface area contributed by atoms with E-state index in [1.807, 2.05) is 38.1 Å². The summed E-state index contributed by atoms with van der Waals surface area (Å²) in [5.74, 6) is -0.508. The van der Waals surface area contributed by atoms with Crippen molar-refractivity contribution in [1.29, 1.82) is 0 Å². The van der Waals surface area contributed by atoms with Crippen molar-refractivity contribution in [3.05, 3.63) is 71.3 Å². The van der Waals surface area contributed by atoms with Crippen LogP contribution in [-0.2, 0) is 17.9 Å². The Morgan fingerprint density at radius 3 is 2.64 bits per heavy atom. The molecule has 0 aliphatic rings. The van der Waals surface area contributed by atoms with Crippen molar-refractivity contribution in [1.82, 2.24) is 24.8 Å². The van der Waals surface area contributed by atoms with Gasteiger partial charge >= 0.3 is 0 Å². The molecule has 7 nitrogen and oxygen atoms in total. The summed E-state index contributed by atoms with van der Waals surface area (Å²) in [7, 11) is 0. The maximum atomic E-state index is 13.9. The molecule has 28 heavy (non-hydrogen) atoms. The van der Waals surface area contributed by atoms with E-state index in [0.717, 1.165) is 16.7 Å². The highest BCUT2D eigenvalue weighted by Gasteiger charge is 2.16. The molecular formula is C20H19FN6O. The molecule has 2 aromatic carbocycles. The molecule has 4 rings (SSSR count). The number of para-hydroxylation sites is 1. The van der Waals surface area contributed by atoms with E-state index in [1.165, 1.54) is 6.07 Å². The second kappa shape index (κ2) is 7.22. The van der Waals surface area contributed by atoms with E-state index in [-0.39, 0.29) is 18.3 Å². The number of carbonyl (C=O) groups is 1. The summed E-state index contributed by atoms with van der Waals surface area (Å²) in [5, 5.41) is 15.4. The maximum Gasteiger partial charge on any atom is 0.246 e. The smallest absolute Gasteiger partial charge is 0.246 e. The van der Waals surface area contributed by atoms with Crippen LogP contribution in [0.4, 0.5) is 10.1 Å². The van der Waals surface area contributed by atoms with Crippen LogP contribution in [0, 0.1) is 19.7 Å². The van der Waals surface area contributed by atoms with Gasteiger partial charge in [0.1, 0.15) is 17.9 Å². The zero-order chi connectivity index (χ0) is 19.7. The van der Waals surface area contributed by atoms with E-state index < -0.39 is 0 Å². The minimum absolute atomic E-state index is 0.0396. The molecule has 0 radical (unpaired) electrons. The van der Waals surface area contributed by atoms with Gasteiger partial charge in [0.15, 0.2) is 0 Å². The zero-order valence-electron chi connectivity index (χ0n) is 15.6. The van der Waals surface area contributed by atoms with Crippen LogP contribution in [0.25, 0.3) is 11.0 Å². The monoisotopic (exact) mass is 378 g/mol. The number of nitrogens with one attached hydrogen (secondary N) is 1. The normalized spacial score (nSPS) is 11.1. The Hall–Kier alpha value is -3.55. The Bertz CT molecular complexity index is 1160. The highest BCUT2D eigenvalue weighted by Crippen LogP contribution is 2.21. The Kier molecular flexibility index (Phi) is 4.60. The van der Waals surface area contributed by atoms with Gasteiger partial charge in [-0.2, -0.15) is 5.10 Å². The maximum absolute atomic E-state index is 13.9. The molecule has 0 aliphatic carbocycles. The van der Waals surface area contributed by atoms with E-state index in [9.17, 15) is 9.18 Å². The summed E-state index contributed by atoms with van der Waals surface area (Å²) < 4.78 is 17.2. The number of carbonyl (C=O) groups excluding carboxylic acids is 1. The lowest BCUT2D eigenvalue weighted by molar-refractivity contribution is -0.116. The van der Waals surface area contributed by atoms with Gasteiger partial charge in [-0.1, -0.05) is 35.5 Å². The van der Waals surface area contributed by atoms with Crippen molar-refractivity contribution in [2.24, 2.45) is 0 Å². The molecule has 0 saturated carbocycles. The number of nitrogens with zero attached hydrogens (tertiary/aromatic N) is 5. The zero-order valence-corrected chi connectivity index (χ0v) is 15.6. The predicted octanol–water partition coefficient (Wildman–Crippen LogP) is 3.07. The van der Waals surface area contributed by atoms with Crippen LogP contribution in [0.2, 0.25) is 0 Å². The van der Waals surface area contributed by atoms with Crippen LogP contribution in [0.1, 0.15) is 17.0 Å². The summed E-state index contributed by atoms with van der Waals surface area (Å²) in [4.78, 5) is 12.6. The Balaban J connectivity index is 1.52. The van der Waals surface area contributed by atoms with Gasteiger partial charge in [-0.3, -0.25) is 9.48 Å². The second-order valence-electron chi connectivity index (χ2n) is 6.58. The van der Waals surface area contributed by atoms with Gasteiger partial charge in [0.2, 0.25) is 5.91 Å². The highest BCUT2D eigenvalue weighted by molar-refractivity contribution is 5.92. The van der Waals surface area contributed by atoms with Crippen molar-refractivity contribution in [3.63, 3.8) is 0 Å². The topological polar surface area (TPSA) is 77.6 Å². The number of aryl methyl sites for hydroxylation is 1. The van der Waals surface area contributed by atoms with E-state index >= 15 is 0 Å². The average Bonchev–Trinajstić information content (AvgIpc) is 3.20. The van der Waals surface area contributed by atoms with E-state index in [4.69, 9.17) is 0 Å². The number of aromatic nitrogens is 5. The highest BCUT2D eigenvalue weighted by atomic mass is 19.1. The number of fused-ring (bicyclic) bond motifs is 1. The number of benzene rings is 2. The summed E-state index contributed by atoms with van der Waals surface area (Å²) in [5.41, 5.74) is 4.13. The number of amides is 1. The van der Waals surface area contributed by atoms with Crippen LogP contribution < -0.4 is 5.32 Å². The summed E-state index contributed by atoms with van der Waals surface area (Å²) >= 11 is 0. The summed E-state index contributed by atoms with van der Waals surface area (Å²) in [6.45, 7) is 3.99. The van der Waals surface area contributed by atoms with Gasteiger partial charge in [-0.15, -0.1) is 5.10 Å². The molecule has 0 saturated heterocycles. The molecule has 0 unspecified atom stereocenters. The first-order valence-corrected chi connectivity index (χ1v) is 8.88. The molecule has 0 spiro atoms. The molecule has 0 fully saturated rings. The molecule has 1 N–H and O–H groups in total. The van der Waals surface area contributed by atoms with Crippen molar-refractivity contribution in [3.8, 4) is 0 Å². The summed E-state index contributed by atoms with van der Waals surface area (Å²) in [6.07, 6.45) is 0. The standard InChI is InChI=1S/C20H19FN6O/c1-13-20(14(2)26(24-13)11-15-7-3-4-8-16(15)21)22-19(28)12-27-18-10-6-5-9-17(18)23-25-27/h3-10H,11-12H2,1-2H3,(H,22,28). The van der Waals surface area contributed by atoms with Crippen molar-refractivity contribution in [2.75, 3.05) is 5.32 Å². The minimum Gasteiger partial charge on any atom is -0.321 e. The van der Waals surface area contributed by atoms with Crippen LogP contribution in [0.5, 0.6) is 0 Å². The van der Waals surface area contributed by atoms with Gasteiger partial charge in [0.05, 0.1) is 29.1 Å². The fourth-order valence-electron chi connectivity index (χ4n) is 3.17. The van der Waals surface area contributed by atoms with Crippen LogP contribution >= 0.6 is 0 Å². The average molecular weight is 378 g/mol. The first-order chi connectivity index (χ1) is 13.5. The number of rotatable bonds is 5. The molecule has 142 valence electrons. The largest absolute Gasteiger partial charge is 0.321 e. The predicted molar refractivity (Wildman–Crippen MR) is 103 cm³/mol. The Labute approximate surface area is 160 Å². The molecule has 2 heterocycles. The third kappa shape index (κ3) is 3.36. The second-order valence-corrected chi connectivity index (χ2v) is 6.58. The third-order valence-electron chi connectivity index (χ3n) is 4.64. The van der Waals surface area contributed by atoms with Crippen molar-refractivity contribution >= 4 is 22.6 Å². The van der Waals surface area contributed by atoms with Gasteiger partial charge < -0.3 is 5.32 Å². The Morgan fingerprint density at radius 1 is 1.07 bits per heavy atom. The molecule has 8 heteroatoms. The van der Waals surface area contributed by atoms with Crippen LogP contribution in [0.3, 0.4) is 0 Å². The first-order valence-electron chi connectivity index (χ1n) is 8.88. The quantitative estimate of drug-likeness (QED) is 0.579. The van der Waals surface area contributed by atoms with Gasteiger partial charge in [0, 0.05) is 5.56 Å². The molecular weight excluding hydrogens is 359 g/mol. The number of anilines is 1. The van der Waals surface area contributed by atoms with Crippen molar-refractivity contribution < 1.29 is 9.18 Å². The number of halogens is 1. The molecule has 0 aliphatic heterocycles. The third-order valence-corrected chi connectivity index (χ3v) is 4.64. The fourth-order valence-corrected chi connectivity index (χ4v) is 3.17. The van der Waals surface area contributed by atoms with E-state index in [1.54, 1.807) is 27.6 Å². The first kappa shape index (κ1) is 17.8. The number of hydrogen-bond donors (Lipinski definition) is 1. The molecule has 4 aromatic rings. The van der Waals surface area contributed by atoms with Crippen LogP contribution in [-0.4, -0.2) is 30.7 Å². The molecule has 0 atom stereocenters. The lowest BCUT2D eigenvalue weighted by atomic mass is 10.2. The van der Waals surface area contributed by atoms with Crippen molar-refractivity contribution in [2.45, 2.75) is 26.9 Å². The van der Waals surface area contributed by atoms with E-state index in [2.05, 4.69) is 20.7 Å². The van der Waals surface area contributed by atoms with E-state index in [0.29, 0.717) is 23.5 Å².